The van der Waals surface area contributed by atoms with Crippen molar-refractivity contribution in [3.63, 3.8) is 0 Å². The molecule has 0 radical (unpaired) electrons. The first-order chi connectivity index (χ1) is 12.0. The molecule has 0 N–H and O–H groups in total. The molecule has 0 aliphatic rings. The first-order valence-electron chi connectivity index (χ1n) is 9.37. The fourth-order valence-corrected chi connectivity index (χ4v) is 15.6. The van der Waals surface area contributed by atoms with Crippen molar-refractivity contribution in [3.05, 3.63) is 54.4 Å². The molecule has 2 aromatic rings. The largest absolute Gasteiger partial charge is 0.437 e. The van der Waals surface area contributed by atoms with Crippen molar-refractivity contribution in [2.45, 2.75) is 58.3 Å². The number of aromatic nitrogens is 1. The molecule has 26 heavy (non-hydrogen) atoms. The normalized spacial score (nSPS) is 13.0. The van der Waals surface area contributed by atoms with Gasteiger partial charge in [0.1, 0.15) is 0 Å². The lowest BCUT2D eigenvalue weighted by Gasteiger charge is -2.38. The molecule has 0 aliphatic heterocycles. The summed E-state index contributed by atoms with van der Waals surface area (Å²) in [5.74, 6) is 0. The highest BCUT2D eigenvalue weighted by Gasteiger charge is 2.39. The van der Waals surface area contributed by atoms with Crippen molar-refractivity contribution in [1.82, 2.24) is 4.98 Å². The first-order valence-corrected chi connectivity index (χ1v) is 18.7. The van der Waals surface area contributed by atoms with E-state index in [1.807, 2.05) is 12.3 Å². The molecule has 0 saturated heterocycles. The van der Waals surface area contributed by atoms with E-state index in [0.717, 1.165) is 18.2 Å². The van der Waals surface area contributed by atoms with Crippen molar-refractivity contribution in [3.8, 4) is 11.1 Å². The topological polar surface area (TPSA) is 31.4 Å². The Morgan fingerprint density at radius 3 is 1.88 bits per heavy atom. The summed E-state index contributed by atoms with van der Waals surface area (Å²) in [6.07, 6.45) is 2.81. The van der Waals surface area contributed by atoms with Crippen LogP contribution in [-0.4, -0.2) is 30.2 Å². The van der Waals surface area contributed by atoms with E-state index in [9.17, 15) is 0 Å². The summed E-state index contributed by atoms with van der Waals surface area (Å²) < 4.78 is 13.2. The molecule has 0 saturated carbocycles. The summed E-state index contributed by atoms with van der Waals surface area (Å²) >= 11 is 0. The predicted octanol–water partition coefficient (Wildman–Crippen LogP) is 6.07. The van der Waals surface area contributed by atoms with E-state index in [1.54, 1.807) is 0 Å². The molecule has 1 heterocycles. The molecular formula is C20H33NO2Si3. The zero-order valence-electron chi connectivity index (χ0n) is 17.3. The number of benzene rings is 1. The van der Waals surface area contributed by atoms with Crippen LogP contribution < -0.4 is 0 Å². The zero-order valence-corrected chi connectivity index (χ0v) is 20.3. The summed E-state index contributed by atoms with van der Waals surface area (Å²) in [5, 5.41) is 0. The Hall–Kier alpha value is -1.06. The molecule has 142 valence electrons. The summed E-state index contributed by atoms with van der Waals surface area (Å²) in [4.78, 5) is 4.59. The standard InChI is InChI=1S/C20H33NO2Si3/c1-24(2,3)22-26(7,23-25(4,5)6)16-14-20-17-19(13-15-21-20)18-11-9-8-10-12-18/h8-13,15,17H,14,16H2,1-7H3. The van der Waals surface area contributed by atoms with Crippen molar-refractivity contribution in [2.24, 2.45) is 0 Å². The highest BCUT2D eigenvalue weighted by atomic mass is 28.5. The fourth-order valence-electron chi connectivity index (χ4n) is 3.20. The van der Waals surface area contributed by atoms with Crippen LogP contribution in [0.25, 0.3) is 11.1 Å². The van der Waals surface area contributed by atoms with Crippen LogP contribution in [0, 0.1) is 0 Å². The Kier molecular flexibility index (Phi) is 6.79. The minimum absolute atomic E-state index is 0.901. The Morgan fingerprint density at radius 2 is 1.35 bits per heavy atom. The van der Waals surface area contributed by atoms with E-state index < -0.39 is 25.2 Å². The summed E-state index contributed by atoms with van der Waals surface area (Å²) in [6, 6.07) is 15.7. The third kappa shape index (κ3) is 7.28. The van der Waals surface area contributed by atoms with E-state index in [0.29, 0.717) is 0 Å². The van der Waals surface area contributed by atoms with Crippen LogP contribution in [0.15, 0.2) is 48.7 Å². The Balaban J connectivity index is 2.15. The lowest BCUT2D eigenvalue weighted by molar-refractivity contribution is 0.383. The average molecular weight is 404 g/mol. The second kappa shape index (κ2) is 8.31. The van der Waals surface area contributed by atoms with E-state index in [4.69, 9.17) is 8.23 Å². The van der Waals surface area contributed by atoms with Gasteiger partial charge in [-0.15, -0.1) is 0 Å². The van der Waals surface area contributed by atoms with Gasteiger partial charge in [-0.3, -0.25) is 4.98 Å². The number of pyridine rings is 1. The van der Waals surface area contributed by atoms with Crippen LogP contribution in [-0.2, 0) is 14.7 Å². The van der Waals surface area contributed by atoms with Gasteiger partial charge in [0, 0.05) is 11.9 Å². The summed E-state index contributed by atoms with van der Waals surface area (Å²) in [6.45, 7) is 15.7. The van der Waals surface area contributed by atoms with Crippen LogP contribution in [0.1, 0.15) is 5.69 Å². The molecule has 0 spiro atoms. The van der Waals surface area contributed by atoms with Crippen LogP contribution in [0.5, 0.6) is 0 Å². The summed E-state index contributed by atoms with van der Waals surface area (Å²) in [7, 11) is -5.53. The molecule has 0 bridgehead atoms. The van der Waals surface area contributed by atoms with Crippen molar-refractivity contribution in [2.75, 3.05) is 0 Å². The van der Waals surface area contributed by atoms with Crippen LogP contribution in [0.4, 0.5) is 0 Å². The highest BCUT2D eigenvalue weighted by Crippen LogP contribution is 2.26. The molecule has 0 atom stereocenters. The lowest BCUT2D eigenvalue weighted by atomic mass is 10.1. The minimum atomic E-state index is -2.22. The van der Waals surface area contributed by atoms with Gasteiger partial charge in [0.25, 0.3) is 0 Å². The number of rotatable bonds is 8. The minimum Gasteiger partial charge on any atom is -0.437 e. The maximum Gasteiger partial charge on any atom is 0.314 e. The quantitative estimate of drug-likeness (QED) is 0.501. The number of aryl methyl sites for hydroxylation is 1. The maximum atomic E-state index is 6.60. The van der Waals surface area contributed by atoms with Gasteiger partial charge in [-0.1, -0.05) is 30.3 Å². The molecule has 0 fully saturated rings. The molecule has 6 heteroatoms. The third-order valence-corrected chi connectivity index (χ3v) is 13.3. The van der Waals surface area contributed by atoms with Crippen LogP contribution >= 0.6 is 0 Å². The molecule has 1 aromatic heterocycles. The smallest absolute Gasteiger partial charge is 0.314 e. The molecule has 0 amide bonds. The van der Waals surface area contributed by atoms with E-state index in [2.05, 4.69) is 87.2 Å². The lowest BCUT2D eigenvalue weighted by Crippen LogP contribution is -2.52. The van der Waals surface area contributed by atoms with Gasteiger partial charge < -0.3 is 8.23 Å². The van der Waals surface area contributed by atoms with E-state index in [-0.39, 0.29) is 0 Å². The third-order valence-electron chi connectivity index (χ3n) is 3.80. The van der Waals surface area contributed by atoms with Gasteiger partial charge in [-0.25, -0.2) is 0 Å². The molecule has 0 unspecified atom stereocenters. The second-order valence-corrected chi connectivity index (χ2v) is 21.8. The SMILES string of the molecule is C[Si](C)(C)O[Si](C)(CCc1cc(-c2ccccc2)ccn1)O[Si](C)(C)C. The van der Waals surface area contributed by atoms with Gasteiger partial charge >= 0.3 is 8.56 Å². The van der Waals surface area contributed by atoms with Crippen molar-refractivity contribution >= 4 is 25.2 Å². The van der Waals surface area contributed by atoms with Gasteiger partial charge in [-0.05, 0) is 81.6 Å². The second-order valence-electron chi connectivity index (χ2n) is 8.96. The zero-order chi connectivity index (χ0) is 19.4. The first kappa shape index (κ1) is 21.2. The number of hydrogen-bond donors (Lipinski definition) is 0. The van der Waals surface area contributed by atoms with Gasteiger partial charge in [0.2, 0.25) is 0 Å². The number of hydrogen-bond acceptors (Lipinski definition) is 3. The van der Waals surface area contributed by atoms with Crippen molar-refractivity contribution < 1.29 is 8.23 Å². The van der Waals surface area contributed by atoms with Crippen LogP contribution in [0.2, 0.25) is 51.9 Å². The van der Waals surface area contributed by atoms with E-state index >= 15 is 0 Å². The van der Waals surface area contributed by atoms with Gasteiger partial charge in [0.05, 0.1) is 0 Å². The van der Waals surface area contributed by atoms with Crippen molar-refractivity contribution in [1.29, 1.82) is 0 Å². The number of nitrogens with zero attached hydrogens (tertiary/aromatic N) is 1. The van der Waals surface area contributed by atoms with Gasteiger partial charge in [0.15, 0.2) is 16.6 Å². The Morgan fingerprint density at radius 1 is 0.769 bits per heavy atom. The molecule has 0 aliphatic carbocycles. The Bertz CT molecular complexity index is 693. The fraction of sp³-hybridized carbons (Fsp3) is 0.450. The average Bonchev–Trinajstić information content (AvgIpc) is 2.51. The highest BCUT2D eigenvalue weighted by molar-refractivity contribution is 6.87. The molecular weight excluding hydrogens is 370 g/mol. The predicted molar refractivity (Wildman–Crippen MR) is 119 cm³/mol. The van der Waals surface area contributed by atoms with Crippen LogP contribution in [0.3, 0.4) is 0 Å². The van der Waals surface area contributed by atoms with Gasteiger partial charge in [-0.2, -0.15) is 0 Å². The maximum absolute atomic E-state index is 6.60. The Labute approximate surface area is 162 Å². The molecule has 2 rings (SSSR count). The van der Waals surface area contributed by atoms with E-state index in [1.165, 1.54) is 11.1 Å². The molecule has 1 aromatic carbocycles. The molecule has 3 nitrogen and oxygen atoms in total. The summed E-state index contributed by atoms with van der Waals surface area (Å²) in [5.41, 5.74) is 3.56. The monoisotopic (exact) mass is 403 g/mol.